The first-order chi connectivity index (χ1) is 9.52. The Morgan fingerprint density at radius 3 is 2.60 bits per heavy atom. The molecule has 0 amide bonds. The smallest absolute Gasteiger partial charge is 0.332 e. The molecule has 1 aromatic carbocycles. The van der Waals surface area contributed by atoms with Crippen LogP contribution in [0.5, 0.6) is 0 Å². The zero-order chi connectivity index (χ0) is 14.7. The van der Waals surface area contributed by atoms with Gasteiger partial charge in [0.15, 0.2) is 0 Å². The molecule has 20 heavy (non-hydrogen) atoms. The fourth-order valence-corrected chi connectivity index (χ4v) is 2.20. The number of benzene rings is 1. The minimum Gasteiger partial charge on any atom is -0.357 e. The largest absolute Gasteiger partial charge is 0.357 e. The van der Waals surface area contributed by atoms with Crippen LogP contribution in [-0.4, -0.2) is 21.9 Å². The van der Waals surface area contributed by atoms with Crippen molar-refractivity contribution < 1.29 is 4.92 Å². The van der Waals surface area contributed by atoms with Crippen molar-refractivity contribution in [1.29, 1.82) is 0 Å². The number of nitrogens with one attached hydrogen (secondary N) is 2. The molecule has 2 rings (SSSR count). The van der Waals surface area contributed by atoms with Crippen LogP contribution >= 0.6 is 22.6 Å². The van der Waals surface area contributed by atoms with Crippen LogP contribution in [0.2, 0.25) is 0 Å². The van der Waals surface area contributed by atoms with Gasteiger partial charge >= 0.3 is 5.69 Å². The van der Waals surface area contributed by atoms with Gasteiger partial charge in [-0.1, -0.05) is 12.1 Å². The molecule has 0 bridgehead atoms. The maximum Gasteiger partial charge on any atom is 0.332 e. The number of anilines is 3. The van der Waals surface area contributed by atoms with E-state index in [1.807, 2.05) is 24.3 Å². The normalized spacial score (nSPS) is 10.2. The number of hydrogen-bond donors (Lipinski definition) is 2. The number of para-hydroxylation sites is 1. The second-order valence-electron chi connectivity index (χ2n) is 3.94. The Bertz CT molecular complexity index is 662. The van der Waals surface area contributed by atoms with E-state index < -0.39 is 4.92 Å². The Hall–Kier alpha value is -1.97. The number of aryl methyl sites for hydroxylation is 1. The molecule has 0 unspecified atom stereocenters. The molecule has 0 aliphatic rings. The number of halogens is 1. The van der Waals surface area contributed by atoms with Crippen molar-refractivity contribution >= 4 is 45.7 Å². The highest BCUT2D eigenvalue weighted by molar-refractivity contribution is 14.1. The molecule has 0 atom stereocenters. The summed E-state index contributed by atoms with van der Waals surface area (Å²) in [6, 6.07) is 7.48. The lowest BCUT2D eigenvalue weighted by atomic mass is 10.3. The van der Waals surface area contributed by atoms with Gasteiger partial charge in [-0.2, -0.15) is 4.98 Å². The predicted octanol–water partition coefficient (Wildman–Crippen LogP) is 3.08. The van der Waals surface area contributed by atoms with Crippen molar-refractivity contribution in [1.82, 2.24) is 9.97 Å². The number of nitro groups is 1. The first kappa shape index (κ1) is 14.4. The van der Waals surface area contributed by atoms with Gasteiger partial charge < -0.3 is 10.6 Å². The highest BCUT2D eigenvalue weighted by Crippen LogP contribution is 2.30. The monoisotopic (exact) mass is 385 g/mol. The van der Waals surface area contributed by atoms with Gasteiger partial charge in [0.05, 0.1) is 10.6 Å². The second-order valence-corrected chi connectivity index (χ2v) is 5.10. The van der Waals surface area contributed by atoms with E-state index in [0.29, 0.717) is 11.6 Å². The van der Waals surface area contributed by atoms with E-state index in [-0.39, 0.29) is 11.5 Å². The van der Waals surface area contributed by atoms with Crippen molar-refractivity contribution in [2.24, 2.45) is 0 Å². The molecular formula is C12H12IN5O2. The Morgan fingerprint density at radius 2 is 2.00 bits per heavy atom. The SMILES string of the molecule is CNc1nc(C)c([N+](=O)[O-])c(Nc2ccccc2I)n1. The summed E-state index contributed by atoms with van der Waals surface area (Å²) in [7, 11) is 1.66. The summed E-state index contributed by atoms with van der Waals surface area (Å²) in [5.41, 5.74) is 0.947. The Balaban J connectivity index is 2.52. The Morgan fingerprint density at radius 1 is 1.30 bits per heavy atom. The van der Waals surface area contributed by atoms with Gasteiger partial charge in [0.1, 0.15) is 5.69 Å². The molecule has 1 aromatic heterocycles. The van der Waals surface area contributed by atoms with Crippen LogP contribution in [0.15, 0.2) is 24.3 Å². The minimum atomic E-state index is -0.479. The quantitative estimate of drug-likeness (QED) is 0.478. The highest BCUT2D eigenvalue weighted by Gasteiger charge is 2.22. The van der Waals surface area contributed by atoms with E-state index in [9.17, 15) is 10.1 Å². The molecule has 0 saturated heterocycles. The molecule has 0 radical (unpaired) electrons. The van der Waals surface area contributed by atoms with E-state index in [1.165, 1.54) is 0 Å². The molecule has 8 heteroatoms. The van der Waals surface area contributed by atoms with Crippen molar-refractivity contribution in [3.63, 3.8) is 0 Å². The van der Waals surface area contributed by atoms with Gasteiger partial charge in [-0.15, -0.1) is 0 Å². The topological polar surface area (TPSA) is 93.0 Å². The summed E-state index contributed by atoms with van der Waals surface area (Å²) < 4.78 is 0.946. The van der Waals surface area contributed by atoms with Crippen LogP contribution < -0.4 is 10.6 Å². The molecule has 0 aliphatic heterocycles. The molecule has 0 aliphatic carbocycles. The van der Waals surface area contributed by atoms with Crippen LogP contribution in [0, 0.1) is 20.6 Å². The second kappa shape index (κ2) is 5.99. The van der Waals surface area contributed by atoms with Gasteiger partial charge in [0.25, 0.3) is 0 Å². The Labute approximate surface area is 129 Å². The number of rotatable bonds is 4. The molecule has 2 N–H and O–H groups in total. The third-order valence-electron chi connectivity index (χ3n) is 2.59. The van der Waals surface area contributed by atoms with Gasteiger partial charge in [-0.3, -0.25) is 10.1 Å². The number of aromatic nitrogens is 2. The fourth-order valence-electron chi connectivity index (χ4n) is 1.67. The van der Waals surface area contributed by atoms with Crippen molar-refractivity contribution in [3.05, 3.63) is 43.6 Å². The third kappa shape index (κ3) is 2.95. The standard InChI is InChI=1S/C12H12IN5O2/c1-7-10(18(19)20)11(17-12(14-2)15-7)16-9-6-4-3-5-8(9)13/h3-6H,1-2H3,(H2,14,15,16,17). The molecule has 1 heterocycles. The molecule has 7 nitrogen and oxygen atoms in total. The summed E-state index contributed by atoms with van der Waals surface area (Å²) in [5, 5.41) is 17.0. The fraction of sp³-hybridized carbons (Fsp3) is 0.167. The van der Waals surface area contributed by atoms with Crippen LogP contribution in [0.3, 0.4) is 0 Å². The predicted molar refractivity (Wildman–Crippen MR) is 85.4 cm³/mol. The van der Waals surface area contributed by atoms with E-state index in [0.717, 1.165) is 9.26 Å². The maximum atomic E-state index is 11.2. The molecule has 0 fully saturated rings. The molecule has 0 saturated carbocycles. The summed E-state index contributed by atoms with van der Waals surface area (Å²) in [4.78, 5) is 18.9. The number of hydrogen-bond acceptors (Lipinski definition) is 6. The van der Waals surface area contributed by atoms with Crippen LogP contribution in [-0.2, 0) is 0 Å². The van der Waals surface area contributed by atoms with Crippen LogP contribution in [0.4, 0.5) is 23.1 Å². The Kier molecular flexibility index (Phi) is 4.32. The van der Waals surface area contributed by atoms with Crippen molar-refractivity contribution in [2.45, 2.75) is 6.92 Å². The van der Waals surface area contributed by atoms with E-state index in [2.05, 4.69) is 43.2 Å². The van der Waals surface area contributed by atoms with Gasteiger partial charge in [-0.05, 0) is 41.6 Å². The molecule has 104 valence electrons. The van der Waals surface area contributed by atoms with E-state index in [4.69, 9.17) is 0 Å². The lowest BCUT2D eigenvalue weighted by Gasteiger charge is -2.10. The first-order valence-corrected chi connectivity index (χ1v) is 6.83. The minimum absolute atomic E-state index is 0.122. The summed E-state index contributed by atoms with van der Waals surface area (Å²) in [5.74, 6) is 0.512. The van der Waals surface area contributed by atoms with Crippen molar-refractivity contribution in [2.75, 3.05) is 17.7 Å². The highest BCUT2D eigenvalue weighted by atomic mass is 127. The number of nitrogens with zero attached hydrogens (tertiary/aromatic N) is 3. The molecule has 2 aromatic rings. The van der Waals surface area contributed by atoms with E-state index >= 15 is 0 Å². The van der Waals surface area contributed by atoms with E-state index in [1.54, 1.807) is 14.0 Å². The van der Waals surface area contributed by atoms with Crippen molar-refractivity contribution in [3.8, 4) is 0 Å². The van der Waals surface area contributed by atoms with Gasteiger partial charge in [0.2, 0.25) is 11.8 Å². The van der Waals surface area contributed by atoms with Gasteiger partial charge in [-0.25, -0.2) is 4.98 Å². The zero-order valence-electron chi connectivity index (χ0n) is 10.8. The molecular weight excluding hydrogens is 373 g/mol. The van der Waals surface area contributed by atoms with Crippen LogP contribution in [0.25, 0.3) is 0 Å². The zero-order valence-corrected chi connectivity index (χ0v) is 13.0. The lowest BCUT2D eigenvalue weighted by molar-refractivity contribution is -0.385. The lowest BCUT2D eigenvalue weighted by Crippen LogP contribution is -2.07. The summed E-state index contributed by atoms with van der Waals surface area (Å²) >= 11 is 2.15. The average molecular weight is 385 g/mol. The first-order valence-electron chi connectivity index (χ1n) is 5.75. The maximum absolute atomic E-state index is 11.2. The summed E-state index contributed by atoms with van der Waals surface area (Å²) in [6.45, 7) is 1.59. The molecule has 0 spiro atoms. The van der Waals surface area contributed by atoms with Crippen LogP contribution in [0.1, 0.15) is 5.69 Å². The summed E-state index contributed by atoms with van der Waals surface area (Å²) in [6.07, 6.45) is 0. The average Bonchev–Trinajstić information content (AvgIpc) is 2.40. The third-order valence-corrected chi connectivity index (χ3v) is 3.53. The van der Waals surface area contributed by atoms with Gasteiger partial charge in [0, 0.05) is 10.6 Å².